The minimum Gasteiger partial charge on any atom is -0.490 e. The molecule has 0 N–H and O–H groups in total. The number of benzene rings is 2. The summed E-state index contributed by atoms with van der Waals surface area (Å²) in [6.45, 7) is 8.40. The van der Waals surface area contributed by atoms with E-state index in [1.807, 2.05) is 39.8 Å². The molecule has 2 aromatic carbocycles. The zero-order chi connectivity index (χ0) is 24.1. The number of aromatic nitrogens is 2. The predicted octanol–water partition coefficient (Wildman–Crippen LogP) is 6.99. The lowest BCUT2D eigenvalue weighted by Crippen LogP contribution is -2.22. The van der Waals surface area contributed by atoms with Crippen molar-refractivity contribution in [3.05, 3.63) is 60.0 Å². The lowest BCUT2D eigenvalue weighted by Gasteiger charge is -2.19. The third-order valence-corrected chi connectivity index (χ3v) is 6.95. The van der Waals surface area contributed by atoms with Crippen LogP contribution in [0.5, 0.6) is 11.5 Å². The Morgan fingerprint density at radius 3 is 2.67 bits per heavy atom. The Balaban J connectivity index is 2.13. The van der Waals surface area contributed by atoms with Gasteiger partial charge < -0.3 is 9.47 Å². The van der Waals surface area contributed by atoms with Crippen molar-refractivity contribution in [3.63, 3.8) is 0 Å². The van der Waals surface area contributed by atoms with E-state index in [4.69, 9.17) is 21.1 Å². The van der Waals surface area contributed by atoms with Crippen molar-refractivity contribution in [1.82, 2.24) is 9.66 Å². The number of fused-ring (bicyclic) bond motifs is 1. The molecule has 1 aromatic heterocycles. The van der Waals surface area contributed by atoms with Gasteiger partial charge in [0.15, 0.2) is 11.5 Å². The highest BCUT2D eigenvalue weighted by atomic mass is 79.9. The van der Waals surface area contributed by atoms with Crippen LogP contribution in [0, 0.1) is 0 Å². The molecule has 0 radical (unpaired) electrons. The first-order valence-electron chi connectivity index (χ1n) is 10.9. The summed E-state index contributed by atoms with van der Waals surface area (Å²) in [6, 6.07) is 7.26. The average Bonchev–Trinajstić information content (AvgIpc) is 2.79. The lowest BCUT2D eigenvalue weighted by molar-refractivity contribution is 0.203. The number of nitrogens with zero attached hydrogens (tertiary/aromatic N) is 3. The zero-order valence-electron chi connectivity index (χ0n) is 19.0. The van der Waals surface area contributed by atoms with Crippen molar-refractivity contribution in [1.29, 1.82) is 0 Å². The van der Waals surface area contributed by atoms with E-state index in [1.54, 1.807) is 18.3 Å². The fourth-order valence-corrected chi connectivity index (χ4v) is 4.18. The normalized spacial score (nSPS) is 12.5. The van der Waals surface area contributed by atoms with Gasteiger partial charge >= 0.3 is 0 Å². The van der Waals surface area contributed by atoms with Gasteiger partial charge in [-0.15, -0.1) is 0 Å². The largest absolute Gasteiger partial charge is 0.490 e. The number of halogens is 3. The van der Waals surface area contributed by atoms with E-state index in [9.17, 15) is 4.79 Å². The molecule has 0 bridgehead atoms. The SMILES string of the molecule is CCCc1nc2ccc(Br)cc2c(=O)n1N=Cc1cc(OCC)c(O[C@H](C)CC)c(Cl)c1Br. The van der Waals surface area contributed by atoms with E-state index in [2.05, 4.69) is 41.9 Å². The molecule has 0 amide bonds. The first-order valence-corrected chi connectivity index (χ1v) is 12.8. The van der Waals surface area contributed by atoms with Gasteiger partial charge in [0.05, 0.1) is 29.8 Å². The van der Waals surface area contributed by atoms with Crippen LogP contribution in [0.2, 0.25) is 5.02 Å². The summed E-state index contributed by atoms with van der Waals surface area (Å²) < 4.78 is 14.6. The van der Waals surface area contributed by atoms with Gasteiger partial charge in [0, 0.05) is 20.9 Å². The molecule has 33 heavy (non-hydrogen) atoms. The molecule has 9 heteroatoms. The highest BCUT2D eigenvalue weighted by molar-refractivity contribution is 9.10. The molecule has 1 heterocycles. The van der Waals surface area contributed by atoms with Gasteiger partial charge in [-0.1, -0.05) is 41.4 Å². The Bertz CT molecular complexity index is 1240. The van der Waals surface area contributed by atoms with Gasteiger partial charge in [0.1, 0.15) is 10.8 Å². The second-order valence-corrected chi connectivity index (χ2v) is 9.58. The second-order valence-electron chi connectivity index (χ2n) is 7.49. The first-order chi connectivity index (χ1) is 15.8. The number of aryl methyl sites for hydroxylation is 1. The molecular weight excluding hydrogens is 574 g/mol. The van der Waals surface area contributed by atoms with Crippen LogP contribution in [0.4, 0.5) is 0 Å². The summed E-state index contributed by atoms with van der Waals surface area (Å²) in [5, 5.41) is 5.39. The topological polar surface area (TPSA) is 65.7 Å². The maximum atomic E-state index is 13.2. The van der Waals surface area contributed by atoms with Gasteiger partial charge in [-0.05, 0) is 66.9 Å². The van der Waals surface area contributed by atoms with Crippen LogP contribution in [0.3, 0.4) is 0 Å². The van der Waals surface area contributed by atoms with Crippen LogP contribution in [0.25, 0.3) is 10.9 Å². The molecule has 176 valence electrons. The Hall–Kier alpha value is -1.90. The number of hydrogen-bond acceptors (Lipinski definition) is 5. The Kier molecular flexibility index (Phi) is 8.95. The average molecular weight is 600 g/mol. The zero-order valence-corrected chi connectivity index (χ0v) is 22.9. The lowest BCUT2D eigenvalue weighted by atomic mass is 10.2. The minimum absolute atomic E-state index is 0.0219. The molecule has 0 spiro atoms. The first kappa shape index (κ1) is 25.7. The molecular formula is C24H26Br2ClN3O3. The van der Waals surface area contributed by atoms with Gasteiger partial charge in [0.25, 0.3) is 5.56 Å². The Morgan fingerprint density at radius 2 is 2.00 bits per heavy atom. The van der Waals surface area contributed by atoms with Gasteiger partial charge in [-0.2, -0.15) is 9.78 Å². The van der Waals surface area contributed by atoms with E-state index >= 15 is 0 Å². The van der Waals surface area contributed by atoms with E-state index in [1.165, 1.54) is 4.68 Å². The van der Waals surface area contributed by atoms with Gasteiger partial charge in [0.2, 0.25) is 0 Å². The second kappa shape index (κ2) is 11.5. The fourth-order valence-electron chi connectivity index (χ4n) is 3.17. The molecule has 0 fully saturated rings. The molecule has 0 aliphatic heterocycles. The van der Waals surface area contributed by atoms with Crippen LogP contribution in [-0.4, -0.2) is 28.6 Å². The molecule has 0 saturated heterocycles. The minimum atomic E-state index is -0.232. The Labute approximate surface area is 215 Å². The maximum absolute atomic E-state index is 13.2. The van der Waals surface area contributed by atoms with Gasteiger partial charge in [-0.3, -0.25) is 4.79 Å². The third kappa shape index (κ3) is 5.78. The highest BCUT2D eigenvalue weighted by Crippen LogP contribution is 2.43. The molecule has 0 unspecified atom stereocenters. The number of hydrogen-bond donors (Lipinski definition) is 0. The molecule has 3 rings (SSSR count). The summed E-state index contributed by atoms with van der Waals surface area (Å²) in [5.41, 5.74) is 1.07. The highest BCUT2D eigenvalue weighted by Gasteiger charge is 2.19. The maximum Gasteiger partial charge on any atom is 0.282 e. The molecule has 6 nitrogen and oxygen atoms in total. The van der Waals surface area contributed by atoms with Crippen molar-refractivity contribution in [2.45, 2.75) is 53.1 Å². The standard InChI is InChI=1S/C24H26Br2ClN3O3/c1-5-8-20-29-18-10-9-16(25)12-17(18)24(31)30(20)28-13-15-11-19(32-7-3)23(22(27)21(15)26)33-14(4)6-2/h9-14H,5-8H2,1-4H3/t14-/m1/s1. The van der Waals surface area contributed by atoms with E-state index in [-0.39, 0.29) is 11.7 Å². The summed E-state index contributed by atoms with van der Waals surface area (Å²) in [7, 11) is 0. The molecule has 0 aliphatic rings. The number of rotatable bonds is 9. The quantitative estimate of drug-likeness (QED) is 0.249. The van der Waals surface area contributed by atoms with Crippen molar-refractivity contribution < 1.29 is 9.47 Å². The van der Waals surface area contributed by atoms with Crippen molar-refractivity contribution >= 4 is 60.6 Å². The number of ether oxygens (including phenoxy) is 2. The van der Waals surface area contributed by atoms with Crippen molar-refractivity contribution in [3.8, 4) is 11.5 Å². The summed E-state index contributed by atoms with van der Waals surface area (Å²) in [5.74, 6) is 1.60. The van der Waals surface area contributed by atoms with Crippen LogP contribution in [0.15, 0.2) is 43.1 Å². The summed E-state index contributed by atoms with van der Waals surface area (Å²) in [6.07, 6.45) is 3.84. The summed E-state index contributed by atoms with van der Waals surface area (Å²) in [4.78, 5) is 17.9. The smallest absolute Gasteiger partial charge is 0.282 e. The molecule has 3 aromatic rings. The van der Waals surface area contributed by atoms with E-state index in [0.29, 0.717) is 56.3 Å². The molecule has 0 saturated carbocycles. The third-order valence-electron chi connectivity index (χ3n) is 5.01. The van der Waals surface area contributed by atoms with Crippen molar-refractivity contribution in [2.24, 2.45) is 5.10 Å². The van der Waals surface area contributed by atoms with Crippen LogP contribution >= 0.6 is 43.5 Å². The van der Waals surface area contributed by atoms with Crippen LogP contribution < -0.4 is 15.0 Å². The van der Waals surface area contributed by atoms with Crippen molar-refractivity contribution in [2.75, 3.05) is 6.61 Å². The fraction of sp³-hybridized carbons (Fsp3) is 0.375. The van der Waals surface area contributed by atoms with Gasteiger partial charge in [-0.25, -0.2) is 4.98 Å². The Morgan fingerprint density at radius 1 is 1.24 bits per heavy atom. The van der Waals surface area contributed by atoms with Crippen LogP contribution in [0.1, 0.15) is 51.9 Å². The molecule has 1 atom stereocenters. The monoisotopic (exact) mass is 597 g/mol. The summed E-state index contributed by atoms with van der Waals surface area (Å²) >= 11 is 13.6. The van der Waals surface area contributed by atoms with E-state index in [0.717, 1.165) is 17.3 Å². The predicted molar refractivity (Wildman–Crippen MR) is 141 cm³/mol. The van der Waals surface area contributed by atoms with E-state index < -0.39 is 0 Å². The molecule has 0 aliphatic carbocycles. The van der Waals surface area contributed by atoms with Crippen LogP contribution in [-0.2, 0) is 6.42 Å².